The standard InChI is InChI=1S/C13H10ClIN2O/c1-8-3-2-6-16-12(8)13(18)17-11-5-4-9(15)7-10(11)14/h2-7H,1H3,(H,17,18). The molecule has 3 nitrogen and oxygen atoms in total. The molecule has 0 fully saturated rings. The van der Waals surface area contributed by atoms with Crippen LogP contribution in [-0.4, -0.2) is 10.9 Å². The Balaban J connectivity index is 2.24. The van der Waals surface area contributed by atoms with Gasteiger partial charge < -0.3 is 5.32 Å². The second-order valence-electron chi connectivity index (χ2n) is 3.75. The zero-order valence-electron chi connectivity index (χ0n) is 9.58. The van der Waals surface area contributed by atoms with Crippen LogP contribution in [0.1, 0.15) is 16.1 Å². The van der Waals surface area contributed by atoms with Crippen molar-refractivity contribution in [1.82, 2.24) is 4.98 Å². The number of pyridine rings is 1. The second kappa shape index (κ2) is 5.67. The van der Waals surface area contributed by atoms with E-state index in [0.29, 0.717) is 16.4 Å². The maximum absolute atomic E-state index is 12.0. The molecule has 18 heavy (non-hydrogen) atoms. The van der Waals surface area contributed by atoms with E-state index >= 15 is 0 Å². The lowest BCUT2D eigenvalue weighted by atomic mass is 10.2. The van der Waals surface area contributed by atoms with Gasteiger partial charge in [0.25, 0.3) is 5.91 Å². The Kier molecular flexibility index (Phi) is 4.19. The van der Waals surface area contributed by atoms with Gasteiger partial charge in [0.05, 0.1) is 10.7 Å². The van der Waals surface area contributed by atoms with Gasteiger partial charge in [-0.25, -0.2) is 0 Å². The first-order valence-electron chi connectivity index (χ1n) is 5.26. The summed E-state index contributed by atoms with van der Waals surface area (Å²) in [4.78, 5) is 16.1. The number of nitrogens with one attached hydrogen (secondary N) is 1. The van der Waals surface area contributed by atoms with Gasteiger partial charge in [0.15, 0.2) is 0 Å². The van der Waals surface area contributed by atoms with Crippen molar-refractivity contribution in [3.05, 3.63) is 56.4 Å². The van der Waals surface area contributed by atoms with Gasteiger partial charge in [0, 0.05) is 9.77 Å². The number of rotatable bonds is 2. The quantitative estimate of drug-likeness (QED) is 0.813. The molecular formula is C13H10ClIN2O. The third kappa shape index (κ3) is 3.00. The Bertz CT molecular complexity index is 601. The molecule has 0 bridgehead atoms. The Morgan fingerprint density at radius 1 is 1.39 bits per heavy atom. The highest BCUT2D eigenvalue weighted by Crippen LogP contribution is 2.24. The van der Waals surface area contributed by atoms with Gasteiger partial charge in [-0.2, -0.15) is 0 Å². The summed E-state index contributed by atoms with van der Waals surface area (Å²) in [6.45, 7) is 1.84. The molecule has 1 aromatic carbocycles. The molecule has 0 atom stereocenters. The number of aromatic nitrogens is 1. The molecule has 0 radical (unpaired) electrons. The van der Waals surface area contributed by atoms with Crippen LogP contribution in [0, 0.1) is 10.5 Å². The number of hydrogen-bond donors (Lipinski definition) is 1. The first-order valence-corrected chi connectivity index (χ1v) is 6.71. The molecule has 92 valence electrons. The third-order valence-electron chi connectivity index (χ3n) is 2.40. The number of aryl methyl sites for hydroxylation is 1. The number of carbonyl (C=O) groups is 1. The number of hydrogen-bond acceptors (Lipinski definition) is 2. The zero-order chi connectivity index (χ0) is 13.1. The fraction of sp³-hybridized carbons (Fsp3) is 0.0769. The van der Waals surface area contributed by atoms with Gasteiger partial charge in [0.2, 0.25) is 0 Å². The Hall–Kier alpha value is -1.14. The first-order chi connectivity index (χ1) is 8.58. The molecule has 0 unspecified atom stereocenters. The second-order valence-corrected chi connectivity index (χ2v) is 5.40. The minimum atomic E-state index is -0.254. The molecule has 0 spiro atoms. The summed E-state index contributed by atoms with van der Waals surface area (Å²) in [5.41, 5.74) is 1.83. The summed E-state index contributed by atoms with van der Waals surface area (Å²) >= 11 is 8.22. The first kappa shape index (κ1) is 13.3. The van der Waals surface area contributed by atoms with Crippen LogP contribution in [0.2, 0.25) is 5.02 Å². The number of benzene rings is 1. The molecule has 0 saturated carbocycles. The van der Waals surface area contributed by atoms with Crippen molar-refractivity contribution in [3.8, 4) is 0 Å². The zero-order valence-corrected chi connectivity index (χ0v) is 12.5. The molecule has 0 saturated heterocycles. The van der Waals surface area contributed by atoms with Crippen molar-refractivity contribution in [2.45, 2.75) is 6.92 Å². The Morgan fingerprint density at radius 3 is 2.83 bits per heavy atom. The summed E-state index contributed by atoms with van der Waals surface area (Å²) in [5.74, 6) is -0.254. The molecule has 5 heteroatoms. The monoisotopic (exact) mass is 372 g/mol. The van der Waals surface area contributed by atoms with E-state index < -0.39 is 0 Å². The van der Waals surface area contributed by atoms with E-state index in [-0.39, 0.29) is 5.91 Å². The average Bonchev–Trinajstić information content (AvgIpc) is 2.33. The van der Waals surface area contributed by atoms with E-state index in [1.165, 1.54) is 0 Å². The molecular weight excluding hydrogens is 363 g/mol. The number of amides is 1. The summed E-state index contributed by atoms with van der Waals surface area (Å²) in [5, 5.41) is 3.28. The highest BCUT2D eigenvalue weighted by atomic mass is 127. The van der Waals surface area contributed by atoms with E-state index in [1.54, 1.807) is 24.4 Å². The summed E-state index contributed by atoms with van der Waals surface area (Å²) < 4.78 is 1.02. The largest absolute Gasteiger partial charge is 0.319 e. The van der Waals surface area contributed by atoms with Crippen LogP contribution in [0.25, 0.3) is 0 Å². The topological polar surface area (TPSA) is 42.0 Å². The van der Waals surface area contributed by atoms with Gasteiger partial charge in [0.1, 0.15) is 5.69 Å². The normalized spacial score (nSPS) is 10.2. The Labute approximate surface area is 124 Å². The highest BCUT2D eigenvalue weighted by molar-refractivity contribution is 14.1. The molecule has 1 N–H and O–H groups in total. The van der Waals surface area contributed by atoms with Crippen molar-refractivity contribution in [2.75, 3.05) is 5.32 Å². The van der Waals surface area contributed by atoms with E-state index in [2.05, 4.69) is 32.9 Å². The summed E-state index contributed by atoms with van der Waals surface area (Å²) in [6, 6.07) is 9.10. The van der Waals surface area contributed by atoms with Crippen LogP contribution in [0.5, 0.6) is 0 Å². The van der Waals surface area contributed by atoms with Crippen LogP contribution in [0.3, 0.4) is 0 Å². The predicted molar refractivity (Wildman–Crippen MR) is 81.1 cm³/mol. The summed E-state index contributed by atoms with van der Waals surface area (Å²) in [6.07, 6.45) is 1.59. The smallest absolute Gasteiger partial charge is 0.274 e. The molecule has 1 aromatic heterocycles. The van der Waals surface area contributed by atoms with Crippen molar-refractivity contribution < 1.29 is 4.79 Å². The van der Waals surface area contributed by atoms with Crippen molar-refractivity contribution >= 4 is 45.8 Å². The van der Waals surface area contributed by atoms with E-state index in [0.717, 1.165) is 9.13 Å². The molecule has 1 amide bonds. The lowest BCUT2D eigenvalue weighted by molar-refractivity contribution is 0.102. The average molecular weight is 373 g/mol. The van der Waals surface area contributed by atoms with Crippen LogP contribution in [-0.2, 0) is 0 Å². The minimum Gasteiger partial charge on any atom is -0.319 e. The molecule has 2 aromatic rings. The fourth-order valence-electron chi connectivity index (χ4n) is 1.50. The lowest BCUT2D eigenvalue weighted by Crippen LogP contribution is -2.15. The predicted octanol–water partition coefficient (Wildman–Crippen LogP) is 3.90. The van der Waals surface area contributed by atoms with Gasteiger partial charge in [-0.15, -0.1) is 0 Å². The van der Waals surface area contributed by atoms with Crippen LogP contribution >= 0.6 is 34.2 Å². The Morgan fingerprint density at radius 2 is 2.17 bits per heavy atom. The third-order valence-corrected chi connectivity index (χ3v) is 3.39. The maximum Gasteiger partial charge on any atom is 0.274 e. The van der Waals surface area contributed by atoms with Crippen LogP contribution in [0.4, 0.5) is 5.69 Å². The number of carbonyl (C=O) groups excluding carboxylic acids is 1. The van der Waals surface area contributed by atoms with Gasteiger partial charge in [-0.3, -0.25) is 9.78 Å². The molecule has 0 aliphatic carbocycles. The molecule has 2 rings (SSSR count). The van der Waals surface area contributed by atoms with Gasteiger partial charge in [-0.1, -0.05) is 17.7 Å². The van der Waals surface area contributed by atoms with Crippen LogP contribution in [0.15, 0.2) is 36.5 Å². The van der Waals surface area contributed by atoms with E-state index in [1.807, 2.05) is 19.1 Å². The fourth-order valence-corrected chi connectivity index (χ4v) is 2.40. The summed E-state index contributed by atoms with van der Waals surface area (Å²) in [7, 11) is 0. The highest BCUT2D eigenvalue weighted by Gasteiger charge is 2.11. The van der Waals surface area contributed by atoms with E-state index in [4.69, 9.17) is 11.6 Å². The number of anilines is 1. The SMILES string of the molecule is Cc1cccnc1C(=O)Nc1ccc(I)cc1Cl. The lowest BCUT2D eigenvalue weighted by Gasteiger charge is -2.08. The molecule has 1 heterocycles. The van der Waals surface area contributed by atoms with Crippen molar-refractivity contribution in [3.63, 3.8) is 0 Å². The van der Waals surface area contributed by atoms with Crippen LogP contribution < -0.4 is 5.32 Å². The maximum atomic E-state index is 12.0. The van der Waals surface area contributed by atoms with Crippen molar-refractivity contribution in [1.29, 1.82) is 0 Å². The van der Waals surface area contributed by atoms with Gasteiger partial charge in [-0.05, 0) is 59.3 Å². The number of halogens is 2. The molecule has 0 aliphatic heterocycles. The number of nitrogens with zero attached hydrogens (tertiary/aromatic N) is 1. The van der Waals surface area contributed by atoms with Crippen molar-refractivity contribution in [2.24, 2.45) is 0 Å². The molecule has 0 aliphatic rings. The van der Waals surface area contributed by atoms with Gasteiger partial charge >= 0.3 is 0 Å². The minimum absolute atomic E-state index is 0.254. The van der Waals surface area contributed by atoms with E-state index in [9.17, 15) is 4.79 Å².